The predicted molar refractivity (Wildman–Crippen MR) is 55.3 cm³/mol. The van der Waals surface area contributed by atoms with Crippen LogP contribution in [0.1, 0.15) is 16.2 Å². The Kier molecular flexibility index (Phi) is 2.58. The van der Waals surface area contributed by atoms with Crippen molar-refractivity contribution in [3.63, 3.8) is 0 Å². The van der Waals surface area contributed by atoms with Crippen molar-refractivity contribution < 1.29 is 19.8 Å². The molecule has 86 valence electrons. The van der Waals surface area contributed by atoms with Gasteiger partial charge in [-0.25, -0.2) is 14.6 Å². The first-order chi connectivity index (χ1) is 7.50. The Morgan fingerprint density at radius 1 is 1.31 bits per heavy atom. The molecule has 1 aromatic rings. The van der Waals surface area contributed by atoms with Crippen LogP contribution >= 0.6 is 15.9 Å². The molecule has 2 N–H and O–H groups in total. The largest absolute Gasteiger partial charge is 0.476 e. The number of carbonyl (C=O) groups is 2. The SMILES string of the molecule is O=C(O)c1nc(Br)n2c1CN(C(=O)O)CC2. The molecule has 0 fully saturated rings. The second kappa shape index (κ2) is 3.78. The topological polar surface area (TPSA) is 95.7 Å². The zero-order chi connectivity index (χ0) is 11.9. The number of hydrogen-bond acceptors (Lipinski definition) is 3. The molecule has 8 heteroatoms. The van der Waals surface area contributed by atoms with Gasteiger partial charge < -0.3 is 19.7 Å². The summed E-state index contributed by atoms with van der Waals surface area (Å²) in [7, 11) is 0. The first kappa shape index (κ1) is 10.9. The molecule has 0 aromatic carbocycles. The quantitative estimate of drug-likeness (QED) is 0.799. The highest BCUT2D eigenvalue weighted by atomic mass is 79.9. The molecule has 1 aliphatic rings. The number of carboxylic acids is 1. The van der Waals surface area contributed by atoms with Crippen molar-refractivity contribution in [3.8, 4) is 0 Å². The molecule has 0 atom stereocenters. The molecule has 16 heavy (non-hydrogen) atoms. The number of fused-ring (bicyclic) bond motifs is 1. The van der Waals surface area contributed by atoms with Gasteiger partial charge in [0, 0.05) is 13.1 Å². The highest BCUT2D eigenvalue weighted by molar-refractivity contribution is 9.10. The van der Waals surface area contributed by atoms with E-state index in [4.69, 9.17) is 10.2 Å². The van der Waals surface area contributed by atoms with Crippen molar-refractivity contribution in [3.05, 3.63) is 16.1 Å². The standard InChI is InChI=1S/C8H8BrN3O4/c9-7-10-5(6(13)14)4-3-11(8(15)16)1-2-12(4)7/h1-3H2,(H,13,14)(H,15,16). The summed E-state index contributed by atoms with van der Waals surface area (Å²) < 4.78 is 2.09. The van der Waals surface area contributed by atoms with Gasteiger partial charge >= 0.3 is 12.1 Å². The molecule has 0 unspecified atom stereocenters. The normalized spacial score (nSPS) is 14.7. The average molecular weight is 290 g/mol. The zero-order valence-electron chi connectivity index (χ0n) is 8.05. The van der Waals surface area contributed by atoms with Gasteiger partial charge in [-0.3, -0.25) is 0 Å². The van der Waals surface area contributed by atoms with Crippen LogP contribution in [-0.2, 0) is 13.1 Å². The van der Waals surface area contributed by atoms with Crippen LogP contribution in [0, 0.1) is 0 Å². The fourth-order valence-corrected chi connectivity index (χ4v) is 2.23. The van der Waals surface area contributed by atoms with Gasteiger partial charge in [0.05, 0.1) is 12.2 Å². The van der Waals surface area contributed by atoms with Crippen LogP contribution in [0.4, 0.5) is 4.79 Å². The third kappa shape index (κ3) is 1.64. The number of imidazole rings is 1. The number of amides is 1. The lowest BCUT2D eigenvalue weighted by molar-refractivity contribution is 0.0685. The number of halogens is 1. The summed E-state index contributed by atoms with van der Waals surface area (Å²) in [6.07, 6.45) is -1.06. The smallest absolute Gasteiger partial charge is 0.407 e. The third-order valence-corrected chi connectivity index (χ3v) is 3.04. The van der Waals surface area contributed by atoms with Crippen LogP contribution in [0.5, 0.6) is 0 Å². The highest BCUT2D eigenvalue weighted by Crippen LogP contribution is 2.22. The van der Waals surface area contributed by atoms with E-state index < -0.39 is 12.1 Å². The summed E-state index contributed by atoms with van der Waals surface area (Å²) in [6, 6.07) is 0. The second-order valence-corrected chi connectivity index (χ2v) is 4.05. The summed E-state index contributed by atoms with van der Waals surface area (Å²) >= 11 is 3.15. The number of aromatic nitrogens is 2. The maximum absolute atomic E-state index is 10.9. The van der Waals surface area contributed by atoms with Crippen molar-refractivity contribution >= 4 is 28.0 Å². The Labute approximate surface area is 98.4 Å². The summed E-state index contributed by atoms with van der Waals surface area (Å²) in [5, 5.41) is 17.8. The summed E-state index contributed by atoms with van der Waals surface area (Å²) in [4.78, 5) is 26.7. The fourth-order valence-electron chi connectivity index (χ4n) is 1.66. The van der Waals surface area contributed by atoms with E-state index >= 15 is 0 Å². The van der Waals surface area contributed by atoms with Crippen molar-refractivity contribution in [2.45, 2.75) is 13.1 Å². The molecule has 0 bridgehead atoms. The lowest BCUT2D eigenvalue weighted by Crippen LogP contribution is -2.37. The predicted octanol–water partition coefficient (Wildman–Crippen LogP) is 0.837. The molecule has 1 aromatic heterocycles. The van der Waals surface area contributed by atoms with Crippen LogP contribution in [0.3, 0.4) is 0 Å². The Bertz CT molecular complexity index is 470. The van der Waals surface area contributed by atoms with E-state index in [2.05, 4.69) is 20.9 Å². The molecule has 0 saturated carbocycles. The minimum absolute atomic E-state index is 0.0512. The van der Waals surface area contributed by atoms with Gasteiger partial charge in [0.1, 0.15) is 0 Å². The van der Waals surface area contributed by atoms with E-state index in [1.165, 1.54) is 0 Å². The van der Waals surface area contributed by atoms with Gasteiger partial charge in [-0.05, 0) is 15.9 Å². The minimum atomic E-state index is -1.15. The van der Waals surface area contributed by atoms with E-state index in [0.717, 1.165) is 4.90 Å². The lowest BCUT2D eigenvalue weighted by Gasteiger charge is -2.26. The Balaban J connectivity index is 2.42. The molecule has 0 aliphatic carbocycles. The minimum Gasteiger partial charge on any atom is -0.476 e. The number of nitrogens with zero attached hydrogens (tertiary/aromatic N) is 3. The number of carboxylic acid groups (broad SMARTS) is 2. The molecule has 0 radical (unpaired) electrons. The molecule has 0 saturated heterocycles. The summed E-state index contributed by atoms with van der Waals surface area (Å²) in [5.41, 5.74) is 0.311. The average Bonchev–Trinajstić information content (AvgIpc) is 2.56. The maximum Gasteiger partial charge on any atom is 0.407 e. The Morgan fingerprint density at radius 2 is 2.00 bits per heavy atom. The van der Waals surface area contributed by atoms with Crippen molar-refractivity contribution in [2.24, 2.45) is 0 Å². The van der Waals surface area contributed by atoms with Gasteiger partial charge in [-0.15, -0.1) is 0 Å². The number of aromatic carboxylic acids is 1. The number of hydrogen-bond donors (Lipinski definition) is 2. The molecule has 2 rings (SSSR count). The molecular formula is C8H8BrN3O4. The lowest BCUT2D eigenvalue weighted by atomic mass is 10.2. The van der Waals surface area contributed by atoms with Crippen LogP contribution < -0.4 is 0 Å². The molecule has 7 nitrogen and oxygen atoms in total. The van der Waals surface area contributed by atoms with Crippen LogP contribution in [0.15, 0.2) is 4.73 Å². The summed E-state index contributed by atoms with van der Waals surface area (Å²) in [5.74, 6) is -1.15. The first-order valence-corrected chi connectivity index (χ1v) is 5.26. The van der Waals surface area contributed by atoms with E-state index in [1.807, 2.05) is 0 Å². The van der Waals surface area contributed by atoms with Crippen molar-refractivity contribution in [1.82, 2.24) is 14.5 Å². The summed E-state index contributed by atoms with van der Waals surface area (Å²) in [6.45, 7) is 0.786. The molecule has 2 heterocycles. The van der Waals surface area contributed by atoms with Crippen molar-refractivity contribution in [1.29, 1.82) is 0 Å². The molecule has 1 aliphatic heterocycles. The van der Waals surface area contributed by atoms with Gasteiger partial charge in [0.25, 0.3) is 0 Å². The van der Waals surface area contributed by atoms with E-state index in [0.29, 0.717) is 23.5 Å². The van der Waals surface area contributed by atoms with Gasteiger partial charge in [0.2, 0.25) is 0 Å². The Morgan fingerprint density at radius 3 is 2.56 bits per heavy atom. The highest BCUT2D eigenvalue weighted by Gasteiger charge is 2.28. The van der Waals surface area contributed by atoms with E-state index in [-0.39, 0.29) is 12.2 Å². The van der Waals surface area contributed by atoms with E-state index in [1.54, 1.807) is 4.57 Å². The molecule has 0 spiro atoms. The Hall–Kier alpha value is -1.57. The fraction of sp³-hybridized carbons (Fsp3) is 0.375. The van der Waals surface area contributed by atoms with Gasteiger partial charge in [0.15, 0.2) is 10.4 Å². The monoisotopic (exact) mass is 289 g/mol. The zero-order valence-corrected chi connectivity index (χ0v) is 9.64. The van der Waals surface area contributed by atoms with Crippen LogP contribution in [-0.4, -0.2) is 43.3 Å². The first-order valence-electron chi connectivity index (χ1n) is 4.46. The van der Waals surface area contributed by atoms with Crippen LogP contribution in [0.25, 0.3) is 0 Å². The second-order valence-electron chi connectivity index (χ2n) is 3.34. The van der Waals surface area contributed by atoms with E-state index in [9.17, 15) is 9.59 Å². The molecular weight excluding hydrogens is 282 g/mol. The number of rotatable bonds is 1. The molecule has 1 amide bonds. The maximum atomic E-state index is 10.9. The van der Waals surface area contributed by atoms with Crippen molar-refractivity contribution in [2.75, 3.05) is 6.54 Å². The van der Waals surface area contributed by atoms with Crippen LogP contribution in [0.2, 0.25) is 0 Å². The van der Waals surface area contributed by atoms with Gasteiger partial charge in [-0.2, -0.15) is 0 Å². The third-order valence-electron chi connectivity index (χ3n) is 2.43. The van der Waals surface area contributed by atoms with Gasteiger partial charge in [-0.1, -0.05) is 0 Å².